The van der Waals surface area contributed by atoms with Crippen LogP contribution in [0.15, 0.2) is 48.5 Å². The van der Waals surface area contributed by atoms with Gasteiger partial charge in [-0.3, -0.25) is 0 Å². The highest BCUT2D eigenvalue weighted by Crippen LogP contribution is 2.28. The molecule has 0 aliphatic carbocycles. The topological polar surface area (TPSA) is 35.5 Å². The molecule has 3 aromatic rings. The lowest BCUT2D eigenvalue weighted by atomic mass is 10.1. The van der Waals surface area contributed by atoms with E-state index in [0.717, 1.165) is 6.07 Å². The van der Waals surface area contributed by atoms with E-state index >= 15 is 0 Å². The minimum Gasteiger partial charge on any atom is -0.497 e. The van der Waals surface area contributed by atoms with Gasteiger partial charge >= 0.3 is 5.97 Å². The van der Waals surface area contributed by atoms with Crippen molar-refractivity contribution in [3.05, 3.63) is 70.8 Å². The Bertz CT molecular complexity index is 941. The summed E-state index contributed by atoms with van der Waals surface area (Å²) in [7, 11) is 1.40. The van der Waals surface area contributed by atoms with Gasteiger partial charge in [0.1, 0.15) is 23.1 Å². The molecule has 0 radical (unpaired) electrons. The molecular weight excluding hydrogens is 338 g/mol. The van der Waals surface area contributed by atoms with Gasteiger partial charge in [-0.1, -0.05) is 17.7 Å². The second kappa shape index (κ2) is 6.45. The third-order valence-electron chi connectivity index (χ3n) is 3.49. The molecule has 0 saturated carbocycles. The third kappa shape index (κ3) is 3.03. The Labute approximate surface area is 141 Å². The average Bonchev–Trinajstić information content (AvgIpc) is 2.58. The van der Waals surface area contributed by atoms with Crippen LogP contribution in [0.4, 0.5) is 8.78 Å². The third-order valence-corrected chi connectivity index (χ3v) is 3.78. The Morgan fingerprint density at radius 2 is 1.75 bits per heavy atom. The van der Waals surface area contributed by atoms with Crippen molar-refractivity contribution >= 4 is 28.3 Å². The van der Waals surface area contributed by atoms with E-state index in [1.165, 1.54) is 43.5 Å². The van der Waals surface area contributed by atoms with E-state index in [9.17, 15) is 13.6 Å². The smallest absolute Gasteiger partial charge is 0.346 e. The van der Waals surface area contributed by atoms with E-state index < -0.39 is 17.6 Å². The maximum Gasteiger partial charge on any atom is 0.346 e. The molecular formula is C18H11ClF2O3. The summed E-state index contributed by atoms with van der Waals surface area (Å²) in [6.07, 6.45) is 0. The zero-order chi connectivity index (χ0) is 17.3. The molecule has 0 bridgehead atoms. The Morgan fingerprint density at radius 1 is 1.00 bits per heavy atom. The van der Waals surface area contributed by atoms with Crippen LogP contribution in [-0.2, 0) is 0 Å². The Hall–Kier alpha value is -2.66. The quantitative estimate of drug-likeness (QED) is 0.493. The van der Waals surface area contributed by atoms with Crippen LogP contribution < -0.4 is 9.47 Å². The predicted octanol–water partition coefficient (Wildman–Crippen LogP) is 5.00. The first kappa shape index (κ1) is 16.2. The van der Waals surface area contributed by atoms with Crippen LogP contribution >= 0.6 is 11.6 Å². The van der Waals surface area contributed by atoms with Gasteiger partial charge in [0.25, 0.3) is 0 Å². The van der Waals surface area contributed by atoms with E-state index in [-0.39, 0.29) is 16.3 Å². The molecule has 0 N–H and O–H groups in total. The van der Waals surface area contributed by atoms with Crippen molar-refractivity contribution in [2.45, 2.75) is 0 Å². The standard InChI is InChI=1S/C18H11ClF2O3/c1-23-11-3-6-14(16(20)9-11)18(22)24-12-4-5-13-10(8-12)2-7-15(19)17(13)21/h2-9H,1H3. The van der Waals surface area contributed by atoms with Crippen LogP contribution in [0.5, 0.6) is 11.5 Å². The van der Waals surface area contributed by atoms with Gasteiger partial charge in [0, 0.05) is 11.5 Å². The number of methoxy groups -OCH3 is 1. The molecule has 0 saturated heterocycles. The van der Waals surface area contributed by atoms with Gasteiger partial charge in [-0.2, -0.15) is 0 Å². The van der Waals surface area contributed by atoms with Crippen molar-refractivity contribution in [1.82, 2.24) is 0 Å². The Morgan fingerprint density at radius 3 is 2.46 bits per heavy atom. The van der Waals surface area contributed by atoms with Crippen LogP contribution in [0.1, 0.15) is 10.4 Å². The molecule has 0 amide bonds. The minimum atomic E-state index is -0.857. The molecule has 0 aromatic heterocycles. The highest BCUT2D eigenvalue weighted by atomic mass is 35.5. The summed E-state index contributed by atoms with van der Waals surface area (Å²) >= 11 is 5.72. The molecule has 0 heterocycles. The molecule has 6 heteroatoms. The molecule has 0 unspecified atom stereocenters. The van der Waals surface area contributed by atoms with Gasteiger partial charge in [-0.25, -0.2) is 13.6 Å². The van der Waals surface area contributed by atoms with Crippen molar-refractivity contribution in [2.24, 2.45) is 0 Å². The van der Waals surface area contributed by atoms with Gasteiger partial charge in [-0.15, -0.1) is 0 Å². The molecule has 3 rings (SSSR count). The number of rotatable bonds is 3. The molecule has 24 heavy (non-hydrogen) atoms. The number of halogens is 3. The highest BCUT2D eigenvalue weighted by Gasteiger charge is 2.15. The van der Waals surface area contributed by atoms with Gasteiger partial charge in [-0.05, 0) is 41.8 Å². The molecule has 3 aromatic carbocycles. The summed E-state index contributed by atoms with van der Waals surface area (Å²) in [5.41, 5.74) is -0.224. The number of ether oxygens (including phenoxy) is 2. The normalized spacial score (nSPS) is 10.7. The predicted molar refractivity (Wildman–Crippen MR) is 86.8 cm³/mol. The largest absolute Gasteiger partial charge is 0.497 e. The van der Waals surface area contributed by atoms with E-state index in [4.69, 9.17) is 21.1 Å². The minimum absolute atomic E-state index is 0.00699. The molecule has 0 aliphatic rings. The number of hydrogen-bond acceptors (Lipinski definition) is 3. The Kier molecular flexibility index (Phi) is 4.36. The lowest BCUT2D eigenvalue weighted by Gasteiger charge is -2.08. The van der Waals surface area contributed by atoms with Crippen LogP contribution in [0.2, 0.25) is 5.02 Å². The summed E-state index contributed by atoms with van der Waals surface area (Å²) in [6.45, 7) is 0. The second-order valence-corrected chi connectivity index (χ2v) is 5.39. The zero-order valence-electron chi connectivity index (χ0n) is 12.5. The van der Waals surface area contributed by atoms with Crippen molar-refractivity contribution < 1.29 is 23.0 Å². The van der Waals surface area contributed by atoms with Crippen LogP contribution in [0.3, 0.4) is 0 Å². The highest BCUT2D eigenvalue weighted by molar-refractivity contribution is 6.31. The molecule has 122 valence electrons. The maximum atomic E-state index is 13.9. The summed E-state index contributed by atoms with van der Waals surface area (Å²) < 4.78 is 37.8. The number of carbonyl (C=O) groups is 1. The lowest BCUT2D eigenvalue weighted by molar-refractivity contribution is 0.0730. The Balaban J connectivity index is 1.89. The van der Waals surface area contributed by atoms with Crippen molar-refractivity contribution in [2.75, 3.05) is 7.11 Å². The van der Waals surface area contributed by atoms with Crippen LogP contribution in [0, 0.1) is 11.6 Å². The second-order valence-electron chi connectivity index (χ2n) is 4.98. The summed E-state index contributed by atoms with van der Waals surface area (Å²) in [5.74, 6) is -1.69. The first-order valence-corrected chi connectivity index (χ1v) is 7.31. The van der Waals surface area contributed by atoms with E-state index in [2.05, 4.69) is 0 Å². The fraction of sp³-hybridized carbons (Fsp3) is 0.0556. The number of esters is 1. The fourth-order valence-corrected chi connectivity index (χ4v) is 2.42. The number of fused-ring (bicyclic) bond motifs is 1. The molecule has 3 nitrogen and oxygen atoms in total. The van der Waals surface area contributed by atoms with Gasteiger partial charge < -0.3 is 9.47 Å². The summed E-state index contributed by atoms with van der Waals surface area (Å²) in [6, 6.07) is 11.2. The van der Waals surface area contributed by atoms with E-state index in [0.29, 0.717) is 16.5 Å². The first-order valence-electron chi connectivity index (χ1n) is 6.93. The SMILES string of the molecule is COc1ccc(C(=O)Oc2ccc3c(F)c(Cl)ccc3c2)c(F)c1. The van der Waals surface area contributed by atoms with E-state index in [1.807, 2.05) is 0 Å². The molecule has 0 aliphatic heterocycles. The monoisotopic (exact) mass is 348 g/mol. The van der Waals surface area contributed by atoms with E-state index in [1.54, 1.807) is 6.07 Å². The molecule has 0 spiro atoms. The van der Waals surface area contributed by atoms with Crippen LogP contribution in [-0.4, -0.2) is 13.1 Å². The van der Waals surface area contributed by atoms with Gasteiger partial charge in [0.15, 0.2) is 0 Å². The maximum absolute atomic E-state index is 13.9. The number of hydrogen-bond donors (Lipinski definition) is 0. The summed E-state index contributed by atoms with van der Waals surface area (Å²) in [5, 5.41) is 0.822. The van der Waals surface area contributed by atoms with Gasteiger partial charge in [0.2, 0.25) is 0 Å². The van der Waals surface area contributed by atoms with Crippen molar-refractivity contribution in [1.29, 1.82) is 0 Å². The summed E-state index contributed by atoms with van der Waals surface area (Å²) in [4.78, 5) is 12.1. The first-order chi connectivity index (χ1) is 11.5. The number of benzene rings is 3. The zero-order valence-corrected chi connectivity index (χ0v) is 13.2. The van der Waals surface area contributed by atoms with Crippen LogP contribution in [0.25, 0.3) is 10.8 Å². The average molecular weight is 349 g/mol. The van der Waals surface area contributed by atoms with Crippen molar-refractivity contribution in [3.8, 4) is 11.5 Å². The molecule has 0 atom stereocenters. The van der Waals surface area contributed by atoms with Crippen molar-refractivity contribution in [3.63, 3.8) is 0 Å². The number of carbonyl (C=O) groups excluding carboxylic acids is 1. The lowest BCUT2D eigenvalue weighted by Crippen LogP contribution is -2.10. The molecule has 0 fully saturated rings. The fourth-order valence-electron chi connectivity index (χ4n) is 2.26. The van der Waals surface area contributed by atoms with Gasteiger partial charge in [0.05, 0.1) is 17.7 Å².